The van der Waals surface area contributed by atoms with Gasteiger partial charge in [-0.25, -0.2) is 0 Å². The number of carboxylic acid groups (broad SMARTS) is 1. The summed E-state index contributed by atoms with van der Waals surface area (Å²) in [6.45, 7) is 5.73. The Morgan fingerprint density at radius 3 is 2.65 bits per heavy atom. The molecule has 0 fully saturated rings. The van der Waals surface area contributed by atoms with E-state index in [1.807, 2.05) is 44.3 Å². The molecule has 1 unspecified atom stereocenters. The van der Waals surface area contributed by atoms with E-state index in [4.69, 9.17) is 5.11 Å². The number of aromatic nitrogens is 1. The smallest absolute Gasteiger partial charge is 0.306 e. The topological polar surface area (TPSA) is 53.1 Å². The Hall–Kier alpha value is -1.77. The van der Waals surface area contributed by atoms with Crippen LogP contribution in [0.5, 0.6) is 0 Å². The van der Waals surface area contributed by atoms with Gasteiger partial charge in [0.15, 0.2) is 0 Å². The fourth-order valence-electron chi connectivity index (χ4n) is 1.72. The van der Waals surface area contributed by atoms with Gasteiger partial charge < -0.3 is 10.1 Å². The van der Waals surface area contributed by atoms with Crippen LogP contribution in [0, 0.1) is 5.92 Å². The molecule has 2 aromatic rings. The summed E-state index contributed by atoms with van der Waals surface area (Å²) in [7, 11) is 0. The Bertz CT molecular complexity index is 488. The summed E-state index contributed by atoms with van der Waals surface area (Å²) in [5, 5.41) is 9.96. The Kier molecular flexibility index (Phi) is 4.76. The second-order valence-electron chi connectivity index (χ2n) is 3.80. The zero-order valence-corrected chi connectivity index (χ0v) is 10.5. The van der Waals surface area contributed by atoms with Crippen LogP contribution in [0.3, 0.4) is 0 Å². The molecule has 1 aromatic carbocycles. The predicted octanol–water partition coefficient (Wildman–Crippen LogP) is 3.46. The van der Waals surface area contributed by atoms with Crippen molar-refractivity contribution < 1.29 is 9.90 Å². The van der Waals surface area contributed by atoms with Gasteiger partial charge in [-0.3, -0.25) is 4.79 Å². The monoisotopic (exact) mass is 233 g/mol. The summed E-state index contributed by atoms with van der Waals surface area (Å²) in [6, 6.07) is 7.92. The highest BCUT2D eigenvalue weighted by atomic mass is 16.4. The molecule has 0 aliphatic heterocycles. The highest BCUT2D eigenvalue weighted by Gasteiger charge is 2.13. The van der Waals surface area contributed by atoms with E-state index in [0.29, 0.717) is 6.42 Å². The lowest BCUT2D eigenvalue weighted by Gasteiger charge is -2.04. The van der Waals surface area contributed by atoms with Gasteiger partial charge in [0.25, 0.3) is 0 Å². The van der Waals surface area contributed by atoms with Crippen molar-refractivity contribution in [1.82, 2.24) is 4.98 Å². The molecule has 0 bridgehead atoms. The first-order valence-corrected chi connectivity index (χ1v) is 5.96. The second-order valence-corrected chi connectivity index (χ2v) is 3.80. The molecule has 0 radical (unpaired) electrons. The van der Waals surface area contributed by atoms with Crippen LogP contribution in [0.1, 0.15) is 26.3 Å². The van der Waals surface area contributed by atoms with Crippen molar-refractivity contribution in [2.24, 2.45) is 5.92 Å². The standard InChI is InChI=1S/C12H13NO2.C2H6/c1-8(12(14)15)6-9-7-13-11-5-3-2-4-10(9)11;1-2/h2-5,7-8,13H,6H2,1H3,(H,14,15);1-2H3. The molecule has 0 saturated carbocycles. The summed E-state index contributed by atoms with van der Waals surface area (Å²) in [5.74, 6) is -1.09. The molecule has 92 valence electrons. The molecule has 3 nitrogen and oxygen atoms in total. The fourth-order valence-corrected chi connectivity index (χ4v) is 1.72. The van der Waals surface area contributed by atoms with Gasteiger partial charge in [0, 0.05) is 17.1 Å². The van der Waals surface area contributed by atoms with Crippen molar-refractivity contribution in [3.63, 3.8) is 0 Å². The van der Waals surface area contributed by atoms with Crippen molar-refractivity contribution >= 4 is 16.9 Å². The third-order valence-corrected chi connectivity index (χ3v) is 2.62. The number of fused-ring (bicyclic) bond motifs is 1. The maximum absolute atomic E-state index is 10.8. The zero-order chi connectivity index (χ0) is 12.8. The molecular formula is C14H19NO2. The van der Waals surface area contributed by atoms with Crippen LogP contribution in [0.25, 0.3) is 10.9 Å². The van der Waals surface area contributed by atoms with Crippen LogP contribution in [-0.4, -0.2) is 16.1 Å². The van der Waals surface area contributed by atoms with E-state index in [1.165, 1.54) is 0 Å². The van der Waals surface area contributed by atoms with Gasteiger partial charge in [-0.05, 0) is 18.1 Å². The highest BCUT2D eigenvalue weighted by molar-refractivity contribution is 5.83. The van der Waals surface area contributed by atoms with E-state index in [0.717, 1.165) is 16.5 Å². The molecule has 3 heteroatoms. The second kappa shape index (κ2) is 6.09. The molecule has 1 heterocycles. The van der Waals surface area contributed by atoms with Gasteiger partial charge in [-0.1, -0.05) is 39.0 Å². The summed E-state index contributed by atoms with van der Waals surface area (Å²) in [5.41, 5.74) is 2.13. The van der Waals surface area contributed by atoms with Crippen molar-refractivity contribution in [3.05, 3.63) is 36.0 Å². The number of carbonyl (C=O) groups is 1. The Labute approximate surface area is 101 Å². The predicted molar refractivity (Wildman–Crippen MR) is 70.2 cm³/mol. The summed E-state index contributed by atoms with van der Waals surface area (Å²) in [6.07, 6.45) is 2.46. The van der Waals surface area contributed by atoms with E-state index >= 15 is 0 Å². The van der Waals surface area contributed by atoms with Crippen LogP contribution in [0.2, 0.25) is 0 Å². The van der Waals surface area contributed by atoms with Crippen LogP contribution in [0.15, 0.2) is 30.5 Å². The molecule has 0 saturated heterocycles. The minimum absolute atomic E-state index is 0.343. The van der Waals surface area contributed by atoms with E-state index in [-0.39, 0.29) is 5.92 Å². The molecule has 0 aliphatic carbocycles. The van der Waals surface area contributed by atoms with Crippen molar-refractivity contribution in [2.45, 2.75) is 27.2 Å². The van der Waals surface area contributed by atoms with Crippen LogP contribution < -0.4 is 0 Å². The van der Waals surface area contributed by atoms with Gasteiger partial charge in [0.2, 0.25) is 0 Å². The number of nitrogens with one attached hydrogen (secondary N) is 1. The first kappa shape index (κ1) is 13.3. The molecule has 1 atom stereocenters. The third kappa shape index (κ3) is 3.09. The fraction of sp³-hybridized carbons (Fsp3) is 0.357. The molecule has 1 aromatic heterocycles. The Balaban J connectivity index is 0.000000686. The Morgan fingerprint density at radius 2 is 2.00 bits per heavy atom. The van der Waals surface area contributed by atoms with Gasteiger partial charge in [0.1, 0.15) is 0 Å². The third-order valence-electron chi connectivity index (χ3n) is 2.62. The largest absolute Gasteiger partial charge is 0.481 e. The van der Waals surface area contributed by atoms with Gasteiger partial charge >= 0.3 is 5.97 Å². The lowest BCUT2D eigenvalue weighted by molar-refractivity contribution is -0.141. The minimum Gasteiger partial charge on any atom is -0.481 e. The number of hydrogen-bond acceptors (Lipinski definition) is 1. The normalized spacial score (nSPS) is 11.7. The number of benzene rings is 1. The van der Waals surface area contributed by atoms with Crippen LogP contribution >= 0.6 is 0 Å². The SMILES string of the molecule is CC.CC(Cc1c[nH]c2ccccc12)C(=O)O. The van der Waals surface area contributed by atoms with Crippen LogP contribution in [0.4, 0.5) is 0 Å². The van der Waals surface area contributed by atoms with Crippen LogP contribution in [-0.2, 0) is 11.2 Å². The molecule has 17 heavy (non-hydrogen) atoms. The average Bonchev–Trinajstić information content (AvgIpc) is 2.75. The van der Waals surface area contributed by atoms with Crippen molar-refractivity contribution in [1.29, 1.82) is 0 Å². The molecule has 0 amide bonds. The number of rotatable bonds is 3. The maximum atomic E-state index is 10.8. The highest BCUT2D eigenvalue weighted by Crippen LogP contribution is 2.20. The minimum atomic E-state index is -0.750. The van der Waals surface area contributed by atoms with E-state index in [1.54, 1.807) is 6.92 Å². The first-order chi connectivity index (χ1) is 8.18. The molecular weight excluding hydrogens is 214 g/mol. The first-order valence-electron chi connectivity index (χ1n) is 5.96. The average molecular weight is 233 g/mol. The molecule has 0 spiro atoms. The number of H-pyrrole nitrogens is 1. The van der Waals surface area contributed by atoms with E-state index in [2.05, 4.69) is 4.98 Å². The summed E-state index contributed by atoms with van der Waals surface area (Å²) >= 11 is 0. The van der Waals surface area contributed by atoms with Crippen molar-refractivity contribution in [3.8, 4) is 0 Å². The maximum Gasteiger partial charge on any atom is 0.306 e. The van der Waals surface area contributed by atoms with Gasteiger partial charge in [0.05, 0.1) is 5.92 Å². The molecule has 0 aliphatic rings. The quantitative estimate of drug-likeness (QED) is 0.853. The van der Waals surface area contributed by atoms with E-state index < -0.39 is 5.97 Å². The number of aromatic amines is 1. The number of hydrogen-bond donors (Lipinski definition) is 2. The van der Waals surface area contributed by atoms with E-state index in [9.17, 15) is 4.79 Å². The summed E-state index contributed by atoms with van der Waals surface area (Å²) < 4.78 is 0. The Morgan fingerprint density at radius 1 is 1.35 bits per heavy atom. The number of carboxylic acids is 1. The lowest BCUT2D eigenvalue weighted by Crippen LogP contribution is -2.11. The number of aliphatic carboxylic acids is 1. The van der Waals surface area contributed by atoms with Gasteiger partial charge in [-0.2, -0.15) is 0 Å². The van der Waals surface area contributed by atoms with Crippen molar-refractivity contribution in [2.75, 3.05) is 0 Å². The number of para-hydroxylation sites is 1. The van der Waals surface area contributed by atoms with Gasteiger partial charge in [-0.15, -0.1) is 0 Å². The summed E-state index contributed by atoms with van der Waals surface area (Å²) in [4.78, 5) is 13.9. The molecule has 2 N–H and O–H groups in total. The lowest BCUT2D eigenvalue weighted by atomic mass is 10.0. The molecule has 2 rings (SSSR count). The zero-order valence-electron chi connectivity index (χ0n) is 10.5.